The van der Waals surface area contributed by atoms with Gasteiger partial charge >= 0.3 is 0 Å². The van der Waals surface area contributed by atoms with E-state index in [-0.39, 0.29) is 18.0 Å². The number of benzene rings is 1. The van der Waals surface area contributed by atoms with E-state index >= 15 is 0 Å². The number of nitrogens with zero attached hydrogens (tertiary/aromatic N) is 1. The van der Waals surface area contributed by atoms with Gasteiger partial charge in [0, 0.05) is 10.6 Å². The van der Waals surface area contributed by atoms with E-state index in [0.29, 0.717) is 5.02 Å². The van der Waals surface area contributed by atoms with E-state index in [1.54, 1.807) is 11.3 Å². The molecule has 23 heavy (non-hydrogen) atoms. The first-order chi connectivity index (χ1) is 11.0. The molecule has 3 rings (SSSR count). The van der Waals surface area contributed by atoms with Crippen LogP contribution >= 0.6 is 22.9 Å². The Morgan fingerprint density at radius 3 is 2.83 bits per heavy atom. The number of rotatable bonds is 4. The monoisotopic (exact) mass is 349 g/mol. The summed E-state index contributed by atoms with van der Waals surface area (Å²) in [5.41, 5.74) is 2.01. The van der Waals surface area contributed by atoms with Crippen LogP contribution in [-0.2, 0) is 4.79 Å². The van der Waals surface area contributed by atoms with Crippen LogP contribution in [0.25, 0.3) is 10.6 Å². The van der Waals surface area contributed by atoms with E-state index in [0.717, 1.165) is 40.5 Å². The first-order valence-electron chi connectivity index (χ1n) is 7.81. The Morgan fingerprint density at radius 1 is 1.43 bits per heavy atom. The van der Waals surface area contributed by atoms with Gasteiger partial charge in [-0.1, -0.05) is 23.7 Å². The lowest BCUT2D eigenvalue weighted by molar-refractivity contribution is -0.123. The molecule has 2 unspecified atom stereocenters. The number of carbonyl (C=O) groups excluding carboxylic acids is 1. The standard InChI is InChI=1S/C17H20ClN3OS/c1-10(20-16(22)14-4-3-9-19-14)15-11(2)21-17(23-15)12-5-7-13(18)8-6-12/h5-8,10,14,19H,3-4,9H2,1-2H3,(H,20,22). The van der Waals surface area contributed by atoms with E-state index < -0.39 is 0 Å². The zero-order chi connectivity index (χ0) is 16.4. The van der Waals surface area contributed by atoms with E-state index in [2.05, 4.69) is 15.6 Å². The quantitative estimate of drug-likeness (QED) is 0.884. The third-order valence-electron chi connectivity index (χ3n) is 4.05. The van der Waals surface area contributed by atoms with Crippen LogP contribution < -0.4 is 10.6 Å². The van der Waals surface area contributed by atoms with Crippen LogP contribution in [0.1, 0.15) is 36.4 Å². The van der Waals surface area contributed by atoms with Crippen molar-refractivity contribution in [1.29, 1.82) is 0 Å². The van der Waals surface area contributed by atoms with Gasteiger partial charge in [-0.25, -0.2) is 4.98 Å². The third-order valence-corrected chi connectivity index (χ3v) is 5.69. The topological polar surface area (TPSA) is 54.0 Å². The van der Waals surface area contributed by atoms with Gasteiger partial charge in [0.2, 0.25) is 5.91 Å². The summed E-state index contributed by atoms with van der Waals surface area (Å²) >= 11 is 7.56. The van der Waals surface area contributed by atoms with Gasteiger partial charge in [0.05, 0.1) is 22.7 Å². The molecule has 1 aromatic heterocycles. The molecule has 1 fully saturated rings. The van der Waals surface area contributed by atoms with Crippen molar-refractivity contribution in [3.05, 3.63) is 39.9 Å². The minimum atomic E-state index is -0.0542. The molecular weight excluding hydrogens is 330 g/mol. The fraction of sp³-hybridized carbons (Fsp3) is 0.412. The highest BCUT2D eigenvalue weighted by Gasteiger charge is 2.24. The zero-order valence-electron chi connectivity index (χ0n) is 13.2. The fourth-order valence-corrected chi connectivity index (χ4v) is 4.01. The van der Waals surface area contributed by atoms with Crippen LogP contribution in [-0.4, -0.2) is 23.5 Å². The molecule has 6 heteroatoms. The van der Waals surface area contributed by atoms with E-state index in [1.807, 2.05) is 38.1 Å². The minimum Gasteiger partial charge on any atom is -0.347 e. The maximum atomic E-state index is 12.3. The number of halogens is 1. The molecule has 2 aromatic rings. The Bertz CT molecular complexity index is 692. The molecule has 1 saturated heterocycles. The molecule has 0 radical (unpaired) electrons. The maximum Gasteiger partial charge on any atom is 0.237 e. The van der Waals surface area contributed by atoms with Crippen molar-refractivity contribution in [2.24, 2.45) is 0 Å². The predicted molar refractivity (Wildman–Crippen MR) is 94.9 cm³/mol. The van der Waals surface area contributed by atoms with Gasteiger partial charge in [0.25, 0.3) is 0 Å². The van der Waals surface area contributed by atoms with Crippen LogP contribution in [0.2, 0.25) is 5.02 Å². The summed E-state index contributed by atoms with van der Waals surface area (Å²) in [6.07, 6.45) is 1.98. The second-order valence-corrected chi connectivity index (χ2v) is 7.32. The lowest BCUT2D eigenvalue weighted by atomic mass is 10.2. The van der Waals surface area contributed by atoms with E-state index in [9.17, 15) is 4.79 Å². The Hall–Kier alpha value is -1.43. The van der Waals surface area contributed by atoms with E-state index in [4.69, 9.17) is 11.6 Å². The predicted octanol–water partition coefficient (Wildman–Crippen LogP) is 3.70. The minimum absolute atomic E-state index is 0.0385. The largest absolute Gasteiger partial charge is 0.347 e. The molecule has 122 valence electrons. The van der Waals surface area contributed by atoms with E-state index in [1.165, 1.54) is 0 Å². The van der Waals surface area contributed by atoms with Crippen LogP contribution in [0.15, 0.2) is 24.3 Å². The molecule has 0 aliphatic carbocycles. The summed E-state index contributed by atoms with van der Waals surface area (Å²) in [6.45, 7) is 4.92. The molecular formula is C17H20ClN3OS. The van der Waals surface area contributed by atoms with Gasteiger partial charge in [-0.05, 0) is 45.4 Å². The summed E-state index contributed by atoms with van der Waals surface area (Å²) in [5, 5.41) is 8.00. The number of thiazole rings is 1. The van der Waals surface area contributed by atoms with Crippen molar-refractivity contribution in [1.82, 2.24) is 15.6 Å². The molecule has 0 spiro atoms. The smallest absolute Gasteiger partial charge is 0.237 e. The average Bonchev–Trinajstić information content (AvgIpc) is 3.17. The Labute approximate surface area is 145 Å². The molecule has 1 amide bonds. The second-order valence-electron chi connectivity index (χ2n) is 5.85. The van der Waals surface area contributed by atoms with Crippen LogP contribution in [0, 0.1) is 6.92 Å². The van der Waals surface area contributed by atoms with Crippen LogP contribution in [0.5, 0.6) is 0 Å². The Kier molecular flexibility index (Phi) is 4.99. The van der Waals surface area contributed by atoms with Gasteiger partial charge in [0.15, 0.2) is 0 Å². The SMILES string of the molecule is Cc1nc(-c2ccc(Cl)cc2)sc1C(C)NC(=O)C1CCCN1. The first kappa shape index (κ1) is 16.4. The molecule has 2 atom stereocenters. The number of aromatic nitrogens is 1. The first-order valence-corrected chi connectivity index (χ1v) is 9.01. The van der Waals surface area contributed by atoms with Crippen molar-refractivity contribution in [2.75, 3.05) is 6.54 Å². The summed E-state index contributed by atoms with van der Waals surface area (Å²) in [4.78, 5) is 18.0. The third kappa shape index (κ3) is 3.74. The molecule has 0 saturated carbocycles. The van der Waals surface area contributed by atoms with Gasteiger partial charge in [-0.3, -0.25) is 4.79 Å². The molecule has 2 N–H and O–H groups in total. The number of hydrogen-bond donors (Lipinski definition) is 2. The molecule has 2 heterocycles. The fourth-order valence-electron chi connectivity index (χ4n) is 2.81. The molecule has 4 nitrogen and oxygen atoms in total. The summed E-state index contributed by atoms with van der Waals surface area (Å²) in [6, 6.07) is 7.57. The number of nitrogens with one attached hydrogen (secondary N) is 2. The summed E-state index contributed by atoms with van der Waals surface area (Å²) < 4.78 is 0. The summed E-state index contributed by atoms with van der Waals surface area (Å²) in [5.74, 6) is 0.0795. The average molecular weight is 350 g/mol. The van der Waals surface area contributed by atoms with Gasteiger partial charge in [0.1, 0.15) is 5.01 Å². The Morgan fingerprint density at radius 2 is 2.17 bits per heavy atom. The summed E-state index contributed by atoms with van der Waals surface area (Å²) in [7, 11) is 0. The lowest BCUT2D eigenvalue weighted by Crippen LogP contribution is -2.41. The molecule has 0 bridgehead atoms. The highest BCUT2D eigenvalue weighted by atomic mass is 35.5. The highest BCUT2D eigenvalue weighted by Crippen LogP contribution is 2.32. The van der Waals surface area contributed by atoms with Crippen molar-refractivity contribution < 1.29 is 4.79 Å². The lowest BCUT2D eigenvalue weighted by Gasteiger charge is -2.16. The van der Waals surface area contributed by atoms with Gasteiger partial charge in [-0.15, -0.1) is 11.3 Å². The highest BCUT2D eigenvalue weighted by molar-refractivity contribution is 7.15. The molecule has 1 aliphatic rings. The zero-order valence-corrected chi connectivity index (χ0v) is 14.8. The molecule has 1 aliphatic heterocycles. The van der Waals surface area contributed by atoms with Crippen molar-refractivity contribution >= 4 is 28.8 Å². The van der Waals surface area contributed by atoms with Crippen molar-refractivity contribution in [3.8, 4) is 10.6 Å². The van der Waals surface area contributed by atoms with Crippen LogP contribution in [0.4, 0.5) is 0 Å². The van der Waals surface area contributed by atoms with Crippen molar-refractivity contribution in [3.63, 3.8) is 0 Å². The Balaban J connectivity index is 1.74. The van der Waals surface area contributed by atoms with Crippen LogP contribution in [0.3, 0.4) is 0 Å². The van der Waals surface area contributed by atoms with Crippen molar-refractivity contribution in [2.45, 2.75) is 38.8 Å². The van der Waals surface area contributed by atoms with Gasteiger partial charge < -0.3 is 10.6 Å². The number of carbonyl (C=O) groups is 1. The second kappa shape index (κ2) is 6.99. The normalized spacial score (nSPS) is 18.8. The molecule has 1 aromatic carbocycles. The van der Waals surface area contributed by atoms with Gasteiger partial charge in [-0.2, -0.15) is 0 Å². The number of amides is 1. The number of aryl methyl sites for hydroxylation is 1. The maximum absolute atomic E-state index is 12.3. The number of hydrogen-bond acceptors (Lipinski definition) is 4.